The van der Waals surface area contributed by atoms with Crippen LogP contribution in [0.5, 0.6) is 0 Å². The Morgan fingerprint density at radius 1 is 0.420 bits per heavy atom. The minimum Gasteiger partial charge on any atom is -0.394 e. The van der Waals surface area contributed by atoms with Gasteiger partial charge in [-0.3, -0.25) is 52.7 Å². The van der Waals surface area contributed by atoms with Gasteiger partial charge in [0.1, 0.15) is 73.1 Å². The van der Waals surface area contributed by atoms with E-state index in [1.165, 1.54) is 20.8 Å². The first kappa shape index (κ1) is 95.1. The van der Waals surface area contributed by atoms with E-state index in [1.807, 2.05) is 4.90 Å². The number of rotatable bonds is 52. The number of carbonyl (C=O) groups is 11. The van der Waals surface area contributed by atoms with Crippen LogP contribution in [0, 0.1) is 0 Å². The van der Waals surface area contributed by atoms with Gasteiger partial charge in [0.05, 0.1) is 19.8 Å². The third kappa shape index (κ3) is 34.7. The van der Waals surface area contributed by atoms with Gasteiger partial charge in [-0.05, 0) is 64.2 Å². The molecule has 0 aromatic carbocycles. The lowest BCUT2D eigenvalue weighted by Gasteiger charge is -2.42. The highest BCUT2D eigenvalue weighted by atomic mass is 32.1. The maximum absolute atomic E-state index is 13.5. The van der Waals surface area contributed by atoms with Gasteiger partial charge >= 0.3 is 0 Å². The molecule has 15 atom stereocenters. The molecular weight excluding hydrogens is 1500 g/mol. The molecule has 5 rings (SSSR count). The van der Waals surface area contributed by atoms with Gasteiger partial charge in [0.25, 0.3) is 0 Å². The molecule has 4 aliphatic heterocycles. The number of hydrogen-bond acceptors (Lipinski definition) is 32. The number of ether oxygens (including phenoxy) is 6. The number of thiol groups is 1. The van der Waals surface area contributed by atoms with E-state index in [9.17, 15) is 98.7 Å². The van der Waals surface area contributed by atoms with Crippen LogP contribution < -0.4 is 63.0 Å². The maximum Gasteiger partial charge on any atom is 0.232 e. The van der Waals surface area contributed by atoms with Crippen molar-refractivity contribution in [1.29, 1.82) is 0 Å². The maximum atomic E-state index is 13.5. The molecular formula is C69H118N16O26S. The number of nitrogens with zero attached hydrogens (tertiary/aromatic N) is 6. The largest absolute Gasteiger partial charge is 0.394 e. The lowest BCUT2D eigenvalue weighted by molar-refractivity contribution is -0.270. The fourth-order valence-electron chi connectivity index (χ4n) is 12.3. The Morgan fingerprint density at radius 2 is 0.768 bits per heavy atom. The fraction of sp³-hybridized carbons (Fsp3) is 0.797. The molecule has 43 heteroatoms. The summed E-state index contributed by atoms with van der Waals surface area (Å²) in [7, 11) is 0. The number of amides is 10. The van der Waals surface area contributed by atoms with Gasteiger partial charge in [0, 0.05) is 177 Å². The molecule has 112 heavy (non-hydrogen) atoms. The van der Waals surface area contributed by atoms with Crippen LogP contribution in [0.1, 0.15) is 136 Å². The summed E-state index contributed by atoms with van der Waals surface area (Å²) in [6, 6.07) is -3.30. The number of anilines is 3. The summed E-state index contributed by atoms with van der Waals surface area (Å²) in [6.45, 7) is 4.49. The Hall–Kier alpha value is -7.47. The number of hydrogen-bond donors (Lipinski definition) is 20. The molecule has 1 aromatic rings. The van der Waals surface area contributed by atoms with Gasteiger partial charge in [-0.25, -0.2) is 0 Å². The topological polar surface area (TPSA) is 594 Å². The normalized spacial score (nSPS) is 24.3. The molecule has 0 radical (unpaired) electrons. The number of aliphatic hydroxyl groups is 9. The lowest BCUT2D eigenvalue weighted by Crippen LogP contribution is -2.64. The van der Waals surface area contributed by atoms with Gasteiger partial charge < -0.3 is 142 Å². The zero-order valence-corrected chi connectivity index (χ0v) is 64.8. The second kappa shape index (κ2) is 52.1. The van der Waals surface area contributed by atoms with E-state index in [4.69, 9.17) is 43.4 Å². The van der Waals surface area contributed by atoms with E-state index in [1.54, 1.807) is 9.80 Å². The van der Waals surface area contributed by atoms with Crippen LogP contribution in [0.25, 0.3) is 0 Å². The van der Waals surface area contributed by atoms with E-state index in [2.05, 4.69) is 65.8 Å². The lowest BCUT2D eigenvalue weighted by atomic mass is 9.97. The van der Waals surface area contributed by atoms with Crippen molar-refractivity contribution in [2.75, 3.05) is 140 Å². The van der Waals surface area contributed by atoms with Gasteiger partial charge in [0.15, 0.2) is 24.0 Å². The van der Waals surface area contributed by atoms with Crippen LogP contribution in [0.3, 0.4) is 0 Å². The average molecular weight is 1620 g/mol. The molecule has 10 amide bonds. The molecule has 5 heterocycles. The van der Waals surface area contributed by atoms with Crippen molar-refractivity contribution in [2.45, 2.75) is 228 Å². The number of piperazine rings is 1. The third-order valence-electron chi connectivity index (χ3n) is 18.4. The minimum atomic E-state index is -1.47. The molecule has 4 fully saturated rings. The summed E-state index contributed by atoms with van der Waals surface area (Å²) in [5.74, 6) is -3.22. The molecule has 0 saturated carbocycles. The molecule has 15 unspecified atom stereocenters. The van der Waals surface area contributed by atoms with E-state index < -0.39 is 129 Å². The predicted octanol–water partition coefficient (Wildman–Crippen LogP) is -7.21. The van der Waals surface area contributed by atoms with Crippen LogP contribution in [0.4, 0.5) is 17.8 Å². The number of nitrogens with one attached hydrogen (secondary N) is 10. The second-order valence-electron chi connectivity index (χ2n) is 27.5. The summed E-state index contributed by atoms with van der Waals surface area (Å²) < 4.78 is 33.9. The van der Waals surface area contributed by atoms with Crippen LogP contribution in [0.2, 0.25) is 0 Å². The molecule has 0 aliphatic carbocycles. The molecule has 42 nitrogen and oxygen atoms in total. The quantitative estimate of drug-likeness (QED) is 0.0213. The first-order valence-electron chi connectivity index (χ1n) is 38.3. The summed E-state index contributed by atoms with van der Waals surface area (Å²) in [6.07, 6.45) is -11.5. The molecule has 19 N–H and O–H groups in total. The first-order chi connectivity index (χ1) is 53.6. The number of unbranched alkanes of at least 4 members (excludes halogenated alkanes) is 3. The molecule has 1 aromatic heterocycles. The third-order valence-corrected chi connectivity index (χ3v) is 18.7. The Balaban J connectivity index is 1.15. The Labute approximate surface area is 655 Å². The van der Waals surface area contributed by atoms with Crippen LogP contribution in [0.15, 0.2) is 0 Å². The van der Waals surface area contributed by atoms with Crippen molar-refractivity contribution in [3.05, 3.63) is 0 Å². The first-order valence-corrected chi connectivity index (χ1v) is 38.7. The van der Waals surface area contributed by atoms with Crippen LogP contribution in [-0.2, 0) is 81.2 Å². The highest BCUT2D eigenvalue weighted by Gasteiger charge is 2.48. The summed E-state index contributed by atoms with van der Waals surface area (Å²) >= 11 is 3.81. The number of aliphatic hydroxyl groups excluding tert-OH is 9. The van der Waals surface area contributed by atoms with Gasteiger partial charge in [-0.15, -0.1) is 12.6 Å². The van der Waals surface area contributed by atoms with E-state index >= 15 is 0 Å². The van der Waals surface area contributed by atoms with E-state index in [0.717, 1.165) is 0 Å². The van der Waals surface area contributed by atoms with Crippen LogP contribution in [-0.4, -0.2) is 347 Å². The van der Waals surface area contributed by atoms with Crippen LogP contribution >= 0.6 is 12.6 Å². The van der Waals surface area contributed by atoms with Crippen molar-refractivity contribution < 1.29 is 127 Å². The minimum absolute atomic E-state index is 0.0184. The van der Waals surface area contributed by atoms with Crippen molar-refractivity contribution in [3.63, 3.8) is 0 Å². The summed E-state index contributed by atoms with van der Waals surface area (Å²) in [5.41, 5.74) is 0. The molecule has 0 bridgehead atoms. The highest BCUT2D eigenvalue weighted by molar-refractivity contribution is 7.96. The van der Waals surface area contributed by atoms with Crippen molar-refractivity contribution in [1.82, 2.24) is 67.7 Å². The second-order valence-corrected chi connectivity index (χ2v) is 28.0. The van der Waals surface area contributed by atoms with Crippen molar-refractivity contribution >= 4 is 94.7 Å². The van der Waals surface area contributed by atoms with Crippen molar-refractivity contribution in [2.24, 2.45) is 0 Å². The monoisotopic (exact) mass is 1620 g/mol. The SMILES string of the molecule is CC(=O)NC1C(OCCCCC(=O)NCCCNC(=O)CCNc2nc(N(CCC(=O)NCCCNC(=O)CCCCOC3OC(CO)C(O)C(O)C3NC(C)=O)CCC(=O)NCCCNC(=O)CCCCOC3OC(CO)C(O)C(O)C3NC(C)=O)nc(N3CCN(C(=O)CCCC(=O)S)CC3)n2)OC(CO)C(O)C1O. The molecule has 4 saturated heterocycles. The number of carbonyl (C=O) groups excluding carboxylic acids is 11. The van der Waals surface area contributed by atoms with E-state index in [0.29, 0.717) is 64.2 Å². The summed E-state index contributed by atoms with van der Waals surface area (Å²) in [5, 5.41) is 118. The zero-order valence-electron chi connectivity index (χ0n) is 63.9. The standard InChI is InChI=1S/C69H118N16O26S/c1-41(89)77-55-61(103)58(100)44(38-86)109-64(55)106-35-7-4-14-47(92)70-22-11-25-73-50(95)19-28-76-67-80-68(82-69(81-67)85-33-31-83(32-34-85)53(98)17-10-18-54(99)112)84(29-20-51(96)74-26-12-23-71-48(93)15-5-8-36-107-65-56(78-42(2)90)62(104)59(101)45(39-87)110-65)30-21-52(97)75-27-13-24-72-49(94)16-6-9-37-108-66-57(79-43(3)91)63(105)60(102)46(40-88)111-66/h44-46,55-66,86-88,100-105H,4-40H2,1-3H3,(H,70,92)(H,71,93)(H,72,94)(H,73,95)(H,74,96)(H,75,97)(H,77,89)(H,78,90)(H,79,91)(H,99,112)(H,76,80,81,82). The Bertz CT molecular complexity index is 3000. The van der Waals surface area contributed by atoms with E-state index in [-0.39, 0.29) is 221 Å². The molecule has 636 valence electrons. The van der Waals surface area contributed by atoms with Gasteiger partial charge in [-0.1, -0.05) is 0 Å². The fourth-order valence-corrected chi connectivity index (χ4v) is 12.4. The van der Waals surface area contributed by atoms with Crippen molar-refractivity contribution in [3.8, 4) is 0 Å². The van der Waals surface area contributed by atoms with Gasteiger partial charge in [0.2, 0.25) is 76.9 Å². The molecule has 0 spiro atoms. The average Bonchev–Trinajstić information content (AvgIpc) is 0.715. The number of aromatic nitrogens is 3. The zero-order chi connectivity index (χ0) is 82.1. The summed E-state index contributed by atoms with van der Waals surface area (Å²) in [4.78, 5) is 158. The highest BCUT2D eigenvalue weighted by Crippen LogP contribution is 2.27. The Kier molecular flexibility index (Phi) is 44.2. The smallest absolute Gasteiger partial charge is 0.232 e. The predicted molar refractivity (Wildman–Crippen MR) is 398 cm³/mol. The van der Waals surface area contributed by atoms with Gasteiger partial charge in [-0.2, -0.15) is 15.0 Å². The molecule has 4 aliphatic rings. The Morgan fingerprint density at radius 3 is 1.11 bits per heavy atom.